The Hall–Kier alpha value is -1.74. The molecule has 2 aromatic rings. The fourth-order valence-corrected chi connectivity index (χ4v) is 2.59. The summed E-state index contributed by atoms with van der Waals surface area (Å²) < 4.78 is 0. The van der Waals surface area contributed by atoms with Gasteiger partial charge in [-0.2, -0.15) is 0 Å². The molecule has 1 atom stereocenters. The van der Waals surface area contributed by atoms with Gasteiger partial charge in [-0.3, -0.25) is 0 Å². The highest BCUT2D eigenvalue weighted by Gasteiger charge is 2.17. The second-order valence-electron chi connectivity index (χ2n) is 5.24. The van der Waals surface area contributed by atoms with Crippen LogP contribution < -0.4 is 5.32 Å². The van der Waals surface area contributed by atoms with Crippen LogP contribution in [0.4, 0.5) is 0 Å². The van der Waals surface area contributed by atoms with Crippen LogP contribution in [0.5, 0.6) is 0 Å². The van der Waals surface area contributed by atoms with Crippen LogP contribution in [0.2, 0.25) is 0 Å². The average molecular weight is 253 g/mol. The molecular formula is C16H19N3. The number of hydrogen-bond donors (Lipinski definition) is 1. The van der Waals surface area contributed by atoms with Crippen LogP contribution in [0.15, 0.2) is 36.7 Å². The molecule has 0 aliphatic carbocycles. The van der Waals surface area contributed by atoms with Gasteiger partial charge in [-0.15, -0.1) is 0 Å². The van der Waals surface area contributed by atoms with Crippen molar-refractivity contribution in [1.82, 2.24) is 15.3 Å². The van der Waals surface area contributed by atoms with E-state index in [1.54, 1.807) is 0 Å². The minimum atomic E-state index is 0.473. The zero-order valence-electron chi connectivity index (χ0n) is 11.3. The number of benzene rings is 1. The van der Waals surface area contributed by atoms with Gasteiger partial charge < -0.3 is 5.32 Å². The van der Waals surface area contributed by atoms with Crippen molar-refractivity contribution >= 4 is 0 Å². The molecule has 1 N–H and O–H groups in total. The molecule has 0 saturated carbocycles. The monoisotopic (exact) mass is 253 g/mol. The van der Waals surface area contributed by atoms with Crippen LogP contribution in [0.1, 0.15) is 30.1 Å². The summed E-state index contributed by atoms with van der Waals surface area (Å²) in [6.07, 6.45) is 6.31. The first kappa shape index (κ1) is 12.3. The largest absolute Gasteiger partial charge is 0.316 e. The molecular weight excluding hydrogens is 234 g/mol. The Morgan fingerprint density at radius 1 is 1.16 bits per heavy atom. The number of piperidine rings is 1. The summed E-state index contributed by atoms with van der Waals surface area (Å²) in [5.41, 5.74) is 3.54. The summed E-state index contributed by atoms with van der Waals surface area (Å²) in [5, 5.41) is 3.41. The Morgan fingerprint density at radius 3 is 2.68 bits per heavy atom. The van der Waals surface area contributed by atoms with E-state index in [1.165, 1.54) is 24.0 Å². The lowest BCUT2D eigenvalue weighted by molar-refractivity contribution is 0.446. The third-order valence-electron chi connectivity index (χ3n) is 3.69. The molecule has 0 spiro atoms. The standard InChI is InChI=1S/C16H19N3/c1-12-4-2-5-13(8-12)15-10-18-16(19-11-15)14-6-3-7-17-9-14/h2,4-5,8,10-11,14,17H,3,6-7,9H2,1H3. The molecule has 3 nitrogen and oxygen atoms in total. The van der Waals surface area contributed by atoms with Gasteiger partial charge in [0.2, 0.25) is 0 Å². The van der Waals surface area contributed by atoms with Gasteiger partial charge >= 0.3 is 0 Å². The molecule has 2 heterocycles. The number of nitrogens with one attached hydrogen (secondary N) is 1. The molecule has 1 aliphatic rings. The molecule has 19 heavy (non-hydrogen) atoms. The molecule has 3 rings (SSSR count). The predicted molar refractivity (Wildman–Crippen MR) is 77.0 cm³/mol. The number of rotatable bonds is 2. The maximum atomic E-state index is 4.56. The van der Waals surface area contributed by atoms with Crippen molar-refractivity contribution in [3.05, 3.63) is 48.0 Å². The lowest BCUT2D eigenvalue weighted by Gasteiger charge is -2.21. The Bertz CT molecular complexity index is 542. The summed E-state index contributed by atoms with van der Waals surface area (Å²) in [5.74, 6) is 1.45. The van der Waals surface area contributed by atoms with Crippen molar-refractivity contribution in [1.29, 1.82) is 0 Å². The van der Waals surface area contributed by atoms with Gasteiger partial charge in [0.05, 0.1) is 0 Å². The van der Waals surface area contributed by atoms with Gasteiger partial charge in [-0.05, 0) is 31.9 Å². The van der Waals surface area contributed by atoms with E-state index in [2.05, 4.69) is 46.5 Å². The van der Waals surface area contributed by atoms with E-state index in [0.717, 1.165) is 24.5 Å². The summed E-state index contributed by atoms with van der Waals surface area (Å²) in [7, 11) is 0. The first-order chi connectivity index (χ1) is 9.33. The molecule has 98 valence electrons. The van der Waals surface area contributed by atoms with Gasteiger partial charge in [-0.1, -0.05) is 29.8 Å². The molecule has 1 saturated heterocycles. The maximum Gasteiger partial charge on any atom is 0.132 e. The Labute approximate surface area is 114 Å². The third-order valence-corrected chi connectivity index (χ3v) is 3.69. The minimum Gasteiger partial charge on any atom is -0.316 e. The van der Waals surface area contributed by atoms with Gasteiger partial charge in [0, 0.05) is 30.4 Å². The highest BCUT2D eigenvalue weighted by atomic mass is 14.9. The molecule has 3 heteroatoms. The Morgan fingerprint density at radius 2 is 2.00 bits per heavy atom. The summed E-state index contributed by atoms with van der Waals surface area (Å²) in [6, 6.07) is 8.45. The van der Waals surface area contributed by atoms with Crippen molar-refractivity contribution in [2.45, 2.75) is 25.7 Å². The molecule has 1 unspecified atom stereocenters. The molecule has 1 aromatic carbocycles. The molecule has 0 bridgehead atoms. The van der Waals surface area contributed by atoms with E-state index in [0.29, 0.717) is 5.92 Å². The molecule has 1 aromatic heterocycles. The van der Waals surface area contributed by atoms with E-state index in [1.807, 2.05) is 12.4 Å². The van der Waals surface area contributed by atoms with Crippen molar-refractivity contribution in [3.8, 4) is 11.1 Å². The van der Waals surface area contributed by atoms with Gasteiger partial charge in [0.15, 0.2) is 0 Å². The zero-order valence-corrected chi connectivity index (χ0v) is 11.3. The van der Waals surface area contributed by atoms with Crippen LogP contribution >= 0.6 is 0 Å². The SMILES string of the molecule is Cc1cccc(-c2cnc(C3CCCNC3)nc2)c1. The van der Waals surface area contributed by atoms with Gasteiger partial charge in [-0.25, -0.2) is 9.97 Å². The number of nitrogens with zero attached hydrogens (tertiary/aromatic N) is 2. The quantitative estimate of drug-likeness (QED) is 0.894. The summed E-state index contributed by atoms with van der Waals surface area (Å²) >= 11 is 0. The Balaban J connectivity index is 1.82. The Kier molecular flexibility index (Phi) is 3.56. The van der Waals surface area contributed by atoms with Crippen molar-refractivity contribution < 1.29 is 0 Å². The summed E-state index contributed by atoms with van der Waals surface area (Å²) in [4.78, 5) is 9.11. The molecule has 0 radical (unpaired) electrons. The summed E-state index contributed by atoms with van der Waals surface area (Å²) in [6.45, 7) is 4.23. The molecule has 0 amide bonds. The maximum absolute atomic E-state index is 4.56. The normalized spacial score (nSPS) is 19.3. The van der Waals surface area contributed by atoms with E-state index >= 15 is 0 Å². The molecule has 1 fully saturated rings. The van der Waals surface area contributed by atoms with E-state index in [-0.39, 0.29) is 0 Å². The van der Waals surface area contributed by atoms with Crippen molar-refractivity contribution in [2.75, 3.05) is 13.1 Å². The van der Waals surface area contributed by atoms with E-state index in [9.17, 15) is 0 Å². The lowest BCUT2D eigenvalue weighted by atomic mass is 9.98. The highest BCUT2D eigenvalue weighted by Crippen LogP contribution is 2.22. The number of aryl methyl sites for hydroxylation is 1. The van der Waals surface area contributed by atoms with Gasteiger partial charge in [0.25, 0.3) is 0 Å². The van der Waals surface area contributed by atoms with Crippen molar-refractivity contribution in [2.24, 2.45) is 0 Å². The predicted octanol–water partition coefficient (Wildman–Crippen LogP) is 2.92. The molecule has 1 aliphatic heterocycles. The van der Waals surface area contributed by atoms with Crippen molar-refractivity contribution in [3.63, 3.8) is 0 Å². The fourth-order valence-electron chi connectivity index (χ4n) is 2.59. The highest BCUT2D eigenvalue weighted by molar-refractivity contribution is 5.62. The van der Waals surface area contributed by atoms with E-state index < -0.39 is 0 Å². The number of aromatic nitrogens is 2. The number of hydrogen-bond acceptors (Lipinski definition) is 3. The zero-order chi connectivity index (χ0) is 13.1. The minimum absolute atomic E-state index is 0.473. The second kappa shape index (κ2) is 5.49. The van der Waals surface area contributed by atoms with Crippen LogP contribution in [0.25, 0.3) is 11.1 Å². The van der Waals surface area contributed by atoms with Crippen LogP contribution in [-0.4, -0.2) is 23.1 Å². The average Bonchev–Trinajstić information content (AvgIpc) is 2.48. The van der Waals surface area contributed by atoms with E-state index in [4.69, 9.17) is 0 Å². The first-order valence-electron chi connectivity index (χ1n) is 6.92. The van der Waals surface area contributed by atoms with Crippen LogP contribution in [0, 0.1) is 6.92 Å². The topological polar surface area (TPSA) is 37.8 Å². The van der Waals surface area contributed by atoms with Gasteiger partial charge in [0.1, 0.15) is 5.82 Å². The smallest absolute Gasteiger partial charge is 0.132 e. The van der Waals surface area contributed by atoms with Crippen LogP contribution in [0.3, 0.4) is 0 Å². The fraction of sp³-hybridized carbons (Fsp3) is 0.375. The lowest BCUT2D eigenvalue weighted by Crippen LogP contribution is -2.29. The first-order valence-corrected chi connectivity index (χ1v) is 6.92. The third kappa shape index (κ3) is 2.82. The second-order valence-corrected chi connectivity index (χ2v) is 5.24. The van der Waals surface area contributed by atoms with Crippen LogP contribution in [-0.2, 0) is 0 Å².